The molecule has 25 heavy (non-hydrogen) atoms. The smallest absolute Gasteiger partial charge is 0.310 e. The van der Waals surface area contributed by atoms with Gasteiger partial charge in [-0.15, -0.1) is 0 Å². The first-order chi connectivity index (χ1) is 12.1. The minimum absolute atomic E-state index is 0.104. The highest BCUT2D eigenvalue weighted by atomic mass is 16.6. The number of hydrogen-bond donors (Lipinski definition) is 1. The molecule has 5 heteroatoms. The van der Waals surface area contributed by atoms with Gasteiger partial charge in [-0.3, -0.25) is 10.1 Å². The van der Waals surface area contributed by atoms with Gasteiger partial charge in [0.2, 0.25) is 0 Å². The van der Waals surface area contributed by atoms with Crippen molar-refractivity contribution >= 4 is 5.69 Å². The second-order valence-corrected chi connectivity index (χ2v) is 5.59. The molecule has 0 bridgehead atoms. The lowest BCUT2D eigenvalue weighted by molar-refractivity contribution is -0.385. The van der Waals surface area contributed by atoms with Crippen molar-refractivity contribution in [3.8, 4) is 5.75 Å². The number of hydrogen-bond acceptors (Lipinski definition) is 4. The number of nitro groups is 1. The molecule has 0 aromatic heterocycles. The summed E-state index contributed by atoms with van der Waals surface area (Å²) in [5.74, 6) is 0.104. The van der Waals surface area contributed by atoms with Gasteiger partial charge in [0.25, 0.3) is 0 Å². The van der Waals surface area contributed by atoms with Crippen LogP contribution in [0.4, 0.5) is 5.69 Å². The Balaban J connectivity index is 2.25. The van der Waals surface area contributed by atoms with Crippen molar-refractivity contribution in [3.05, 3.63) is 106 Å². The lowest BCUT2D eigenvalue weighted by Crippen LogP contribution is -2.28. The maximum Gasteiger partial charge on any atom is 0.310 e. The van der Waals surface area contributed by atoms with Gasteiger partial charge in [0, 0.05) is 6.07 Å². The van der Waals surface area contributed by atoms with E-state index in [0.29, 0.717) is 16.7 Å². The van der Waals surface area contributed by atoms with Gasteiger partial charge in [-0.1, -0.05) is 60.7 Å². The van der Waals surface area contributed by atoms with Crippen LogP contribution in [-0.4, -0.2) is 17.1 Å². The average molecular weight is 335 g/mol. The topological polar surface area (TPSA) is 72.6 Å². The van der Waals surface area contributed by atoms with Gasteiger partial charge < -0.3 is 9.84 Å². The third-order valence-corrected chi connectivity index (χ3v) is 4.18. The highest BCUT2D eigenvalue weighted by Crippen LogP contribution is 2.40. The van der Waals surface area contributed by atoms with Gasteiger partial charge in [-0.2, -0.15) is 0 Å². The van der Waals surface area contributed by atoms with Gasteiger partial charge in [-0.05, 0) is 28.8 Å². The highest BCUT2D eigenvalue weighted by molar-refractivity contribution is 5.55. The molecule has 0 spiro atoms. The SMILES string of the molecule is COc1cc(C(O)(c2ccccc2)c2ccccc2)ccc1[N+](=O)[O-]. The largest absolute Gasteiger partial charge is 0.490 e. The van der Waals surface area contributed by atoms with E-state index < -0.39 is 10.5 Å². The van der Waals surface area contributed by atoms with Crippen LogP contribution in [-0.2, 0) is 5.60 Å². The molecule has 0 saturated heterocycles. The Labute approximate surface area is 145 Å². The molecular formula is C20H17NO4. The fourth-order valence-electron chi connectivity index (χ4n) is 2.91. The van der Waals surface area contributed by atoms with E-state index in [-0.39, 0.29) is 11.4 Å². The van der Waals surface area contributed by atoms with Gasteiger partial charge >= 0.3 is 5.69 Å². The number of aliphatic hydroxyl groups is 1. The van der Waals surface area contributed by atoms with Crippen molar-refractivity contribution in [3.63, 3.8) is 0 Å². The van der Waals surface area contributed by atoms with Crippen molar-refractivity contribution < 1.29 is 14.8 Å². The van der Waals surface area contributed by atoms with Gasteiger partial charge in [0.1, 0.15) is 5.60 Å². The number of nitrogens with zero attached hydrogens (tertiary/aromatic N) is 1. The van der Waals surface area contributed by atoms with Crippen LogP contribution in [0, 0.1) is 10.1 Å². The molecule has 0 atom stereocenters. The minimum Gasteiger partial charge on any atom is -0.490 e. The maximum absolute atomic E-state index is 11.6. The lowest BCUT2D eigenvalue weighted by Gasteiger charge is -2.30. The normalized spacial score (nSPS) is 11.1. The van der Waals surface area contributed by atoms with E-state index in [2.05, 4.69) is 0 Å². The summed E-state index contributed by atoms with van der Waals surface area (Å²) in [5, 5.41) is 22.8. The standard InChI is InChI=1S/C20H17NO4/c1-25-19-14-17(12-13-18(19)21(23)24)20(22,15-8-4-2-5-9-15)16-10-6-3-7-11-16/h2-14,22H,1H3. The number of nitro benzene ring substituents is 1. The first kappa shape index (κ1) is 16.7. The van der Waals surface area contributed by atoms with Gasteiger partial charge in [-0.25, -0.2) is 0 Å². The quantitative estimate of drug-likeness (QED) is 0.436. The summed E-state index contributed by atoms with van der Waals surface area (Å²) in [5.41, 5.74) is 0.224. The van der Waals surface area contributed by atoms with Crippen LogP contribution < -0.4 is 4.74 Å². The molecular weight excluding hydrogens is 318 g/mol. The van der Waals surface area contributed by atoms with Crippen molar-refractivity contribution in [2.24, 2.45) is 0 Å². The molecule has 0 fully saturated rings. The molecule has 126 valence electrons. The van der Waals surface area contributed by atoms with Crippen LogP contribution in [0.1, 0.15) is 16.7 Å². The molecule has 3 aromatic carbocycles. The second-order valence-electron chi connectivity index (χ2n) is 5.59. The number of benzene rings is 3. The van der Waals surface area contributed by atoms with Gasteiger partial charge in [0.05, 0.1) is 12.0 Å². The van der Waals surface area contributed by atoms with E-state index in [1.54, 1.807) is 6.07 Å². The average Bonchev–Trinajstić information content (AvgIpc) is 2.68. The molecule has 3 aromatic rings. The zero-order valence-electron chi connectivity index (χ0n) is 13.6. The predicted molar refractivity (Wildman–Crippen MR) is 94.6 cm³/mol. The Morgan fingerprint density at radius 1 is 0.880 bits per heavy atom. The van der Waals surface area contributed by atoms with E-state index in [1.165, 1.54) is 19.2 Å². The summed E-state index contributed by atoms with van der Waals surface area (Å²) < 4.78 is 5.16. The molecule has 0 heterocycles. The fraction of sp³-hybridized carbons (Fsp3) is 0.100. The van der Waals surface area contributed by atoms with Crippen molar-refractivity contribution in [2.45, 2.75) is 5.60 Å². The van der Waals surface area contributed by atoms with Crippen molar-refractivity contribution in [1.82, 2.24) is 0 Å². The third kappa shape index (κ3) is 2.97. The fourth-order valence-corrected chi connectivity index (χ4v) is 2.91. The Hall–Kier alpha value is -3.18. The van der Waals surface area contributed by atoms with E-state index in [0.717, 1.165) is 0 Å². The molecule has 0 aliphatic carbocycles. The number of methoxy groups -OCH3 is 1. The van der Waals surface area contributed by atoms with Gasteiger partial charge in [0.15, 0.2) is 5.75 Å². The monoisotopic (exact) mass is 335 g/mol. The zero-order valence-corrected chi connectivity index (χ0v) is 13.6. The highest BCUT2D eigenvalue weighted by Gasteiger charge is 2.35. The summed E-state index contributed by atoms with van der Waals surface area (Å²) in [6, 6.07) is 22.8. The molecule has 0 radical (unpaired) electrons. The van der Waals surface area contributed by atoms with E-state index in [1.807, 2.05) is 60.7 Å². The van der Waals surface area contributed by atoms with Crippen molar-refractivity contribution in [1.29, 1.82) is 0 Å². The van der Waals surface area contributed by atoms with Crippen LogP contribution in [0.2, 0.25) is 0 Å². The lowest BCUT2D eigenvalue weighted by atomic mass is 9.80. The molecule has 3 rings (SSSR count). The van der Waals surface area contributed by atoms with E-state index in [4.69, 9.17) is 4.74 Å². The number of ether oxygens (including phenoxy) is 1. The molecule has 1 N–H and O–H groups in total. The van der Waals surface area contributed by atoms with Crippen LogP contribution in [0.5, 0.6) is 5.75 Å². The molecule has 0 unspecified atom stereocenters. The molecule has 0 amide bonds. The van der Waals surface area contributed by atoms with E-state index in [9.17, 15) is 15.2 Å². The Morgan fingerprint density at radius 2 is 1.40 bits per heavy atom. The first-order valence-corrected chi connectivity index (χ1v) is 7.73. The van der Waals surface area contributed by atoms with Crippen molar-refractivity contribution in [2.75, 3.05) is 7.11 Å². The Kier molecular flexibility index (Phi) is 4.50. The Morgan fingerprint density at radius 3 is 1.84 bits per heavy atom. The van der Waals surface area contributed by atoms with E-state index >= 15 is 0 Å². The first-order valence-electron chi connectivity index (χ1n) is 7.73. The molecule has 0 aliphatic heterocycles. The molecule has 0 saturated carbocycles. The maximum atomic E-state index is 11.6. The summed E-state index contributed by atoms with van der Waals surface area (Å²) in [6.07, 6.45) is 0. The molecule has 5 nitrogen and oxygen atoms in total. The minimum atomic E-state index is -1.45. The van der Waals surface area contributed by atoms with Crippen LogP contribution in [0.15, 0.2) is 78.9 Å². The zero-order chi connectivity index (χ0) is 17.9. The summed E-state index contributed by atoms with van der Waals surface area (Å²) >= 11 is 0. The molecule has 0 aliphatic rings. The van der Waals surface area contributed by atoms with Crippen LogP contribution >= 0.6 is 0 Å². The second kappa shape index (κ2) is 6.75. The Bertz CT molecular complexity index is 839. The van der Waals surface area contributed by atoms with Crippen LogP contribution in [0.3, 0.4) is 0 Å². The predicted octanol–water partition coefficient (Wildman–Crippen LogP) is 3.89. The summed E-state index contributed by atoms with van der Waals surface area (Å²) in [7, 11) is 1.37. The summed E-state index contributed by atoms with van der Waals surface area (Å²) in [6.45, 7) is 0. The number of rotatable bonds is 5. The van der Waals surface area contributed by atoms with Crippen LogP contribution in [0.25, 0.3) is 0 Å². The summed E-state index contributed by atoms with van der Waals surface area (Å²) in [4.78, 5) is 10.6. The third-order valence-electron chi connectivity index (χ3n) is 4.18.